The fourth-order valence-electron chi connectivity index (χ4n) is 2.79. The van der Waals surface area contributed by atoms with E-state index in [1.807, 2.05) is 0 Å². The molecule has 2 unspecified atom stereocenters. The van der Waals surface area contributed by atoms with Gasteiger partial charge < -0.3 is 10.2 Å². The monoisotopic (exact) mass is 240 g/mol. The number of nitrogens with zero attached hydrogens (tertiary/aromatic N) is 1. The van der Waals surface area contributed by atoms with E-state index in [-0.39, 0.29) is 0 Å². The van der Waals surface area contributed by atoms with Gasteiger partial charge in [0.25, 0.3) is 0 Å². The average molecular weight is 240 g/mol. The average Bonchev–Trinajstić information content (AvgIpc) is 2.59. The first-order chi connectivity index (χ1) is 8.30. The largest absolute Gasteiger partial charge is 0.313 e. The molecule has 0 amide bonds. The molecule has 0 radical (unpaired) electrons. The molecule has 17 heavy (non-hydrogen) atoms. The second-order valence-electron chi connectivity index (χ2n) is 5.57. The summed E-state index contributed by atoms with van der Waals surface area (Å²) in [4.78, 5) is 2.69. The van der Waals surface area contributed by atoms with Gasteiger partial charge >= 0.3 is 0 Å². The highest BCUT2D eigenvalue weighted by molar-refractivity contribution is 4.75. The van der Waals surface area contributed by atoms with Crippen LogP contribution in [-0.2, 0) is 0 Å². The van der Waals surface area contributed by atoms with E-state index in [2.05, 4.69) is 31.0 Å². The highest BCUT2D eigenvalue weighted by Crippen LogP contribution is 2.15. The second kappa shape index (κ2) is 8.93. The second-order valence-corrected chi connectivity index (χ2v) is 5.57. The van der Waals surface area contributed by atoms with Crippen LogP contribution in [0.2, 0.25) is 0 Å². The third kappa shape index (κ3) is 5.87. The van der Waals surface area contributed by atoms with E-state index < -0.39 is 0 Å². The molecule has 1 rings (SSSR count). The fraction of sp³-hybridized carbons (Fsp3) is 1.00. The van der Waals surface area contributed by atoms with Crippen molar-refractivity contribution in [1.29, 1.82) is 0 Å². The molecular formula is C15H32N2. The summed E-state index contributed by atoms with van der Waals surface area (Å²) in [5, 5.41) is 3.65. The Hall–Kier alpha value is -0.0800. The van der Waals surface area contributed by atoms with Gasteiger partial charge in [-0.2, -0.15) is 0 Å². The summed E-state index contributed by atoms with van der Waals surface area (Å²) in [6.45, 7) is 12.0. The predicted octanol–water partition coefficient (Wildman–Crippen LogP) is 3.28. The molecule has 102 valence electrons. The van der Waals surface area contributed by atoms with Crippen LogP contribution in [0.4, 0.5) is 0 Å². The van der Waals surface area contributed by atoms with Gasteiger partial charge in [0, 0.05) is 25.7 Å². The third-order valence-corrected chi connectivity index (χ3v) is 4.21. The van der Waals surface area contributed by atoms with Crippen molar-refractivity contribution in [3.63, 3.8) is 0 Å². The van der Waals surface area contributed by atoms with E-state index in [1.165, 1.54) is 64.7 Å². The molecule has 1 N–H and O–H groups in total. The summed E-state index contributed by atoms with van der Waals surface area (Å²) in [5.74, 6) is 0.924. The molecule has 2 heteroatoms. The molecule has 0 aliphatic carbocycles. The third-order valence-electron chi connectivity index (χ3n) is 4.21. The summed E-state index contributed by atoms with van der Waals surface area (Å²) in [5.41, 5.74) is 0. The molecule has 0 bridgehead atoms. The first-order valence-electron chi connectivity index (χ1n) is 7.75. The van der Waals surface area contributed by atoms with Crippen LogP contribution < -0.4 is 5.32 Å². The molecule has 0 saturated carbocycles. The Kier molecular flexibility index (Phi) is 7.87. The SMILES string of the molecule is CCCCC(CC)CN1CCNC(CC)CC1. The van der Waals surface area contributed by atoms with Crippen molar-refractivity contribution in [3.8, 4) is 0 Å². The lowest BCUT2D eigenvalue weighted by Gasteiger charge is -2.25. The van der Waals surface area contributed by atoms with E-state index in [9.17, 15) is 0 Å². The van der Waals surface area contributed by atoms with Gasteiger partial charge in [-0.1, -0.05) is 40.0 Å². The van der Waals surface area contributed by atoms with Gasteiger partial charge in [0.05, 0.1) is 0 Å². The Balaban J connectivity index is 2.28. The van der Waals surface area contributed by atoms with Crippen molar-refractivity contribution in [2.45, 2.75) is 65.3 Å². The maximum atomic E-state index is 3.65. The zero-order valence-electron chi connectivity index (χ0n) is 12.2. The lowest BCUT2D eigenvalue weighted by Crippen LogP contribution is -2.33. The van der Waals surface area contributed by atoms with Crippen molar-refractivity contribution in [2.75, 3.05) is 26.2 Å². The number of nitrogens with one attached hydrogen (secondary N) is 1. The van der Waals surface area contributed by atoms with E-state index in [1.54, 1.807) is 0 Å². The van der Waals surface area contributed by atoms with Crippen molar-refractivity contribution in [3.05, 3.63) is 0 Å². The lowest BCUT2D eigenvalue weighted by molar-refractivity contribution is 0.229. The molecular weight excluding hydrogens is 208 g/mol. The Morgan fingerprint density at radius 3 is 2.71 bits per heavy atom. The van der Waals surface area contributed by atoms with Crippen molar-refractivity contribution in [1.82, 2.24) is 10.2 Å². The summed E-state index contributed by atoms with van der Waals surface area (Å²) in [6.07, 6.45) is 8.13. The van der Waals surface area contributed by atoms with Crippen LogP contribution in [0.3, 0.4) is 0 Å². The number of hydrogen-bond donors (Lipinski definition) is 1. The van der Waals surface area contributed by atoms with Gasteiger partial charge in [-0.25, -0.2) is 0 Å². The van der Waals surface area contributed by atoms with Crippen LogP contribution in [0.1, 0.15) is 59.3 Å². The van der Waals surface area contributed by atoms with Crippen LogP contribution >= 0.6 is 0 Å². The van der Waals surface area contributed by atoms with Crippen LogP contribution in [0.15, 0.2) is 0 Å². The van der Waals surface area contributed by atoms with Crippen molar-refractivity contribution < 1.29 is 0 Å². The topological polar surface area (TPSA) is 15.3 Å². The van der Waals surface area contributed by atoms with Gasteiger partial charge in [-0.3, -0.25) is 0 Å². The minimum Gasteiger partial charge on any atom is -0.313 e. The normalized spacial score (nSPS) is 24.5. The van der Waals surface area contributed by atoms with Crippen molar-refractivity contribution >= 4 is 0 Å². The maximum Gasteiger partial charge on any atom is 0.0107 e. The van der Waals surface area contributed by atoms with Gasteiger partial charge in [-0.05, 0) is 31.7 Å². The van der Waals surface area contributed by atoms with Gasteiger partial charge in [0.2, 0.25) is 0 Å². The Morgan fingerprint density at radius 1 is 1.24 bits per heavy atom. The van der Waals surface area contributed by atoms with Gasteiger partial charge in [0.1, 0.15) is 0 Å². The highest BCUT2D eigenvalue weighted by Gasteiger charge is 2.17. The first-order valence-corrected chi connectivity index (χ1v) is 7.75. The van der Waals surface area contributed by atoms with Crippen LogP contribution in [0, 0.1) is 5.92 Å². The molecule has 0 aromatic carbocycles. The fourth-order valence-corrected chi connectivity index (χ4v) is 2.79. The first kappa shape index (κ1) is 15.0. The minimum absolute atomic E-state index is 0.760. The summed E-state index contributed by atoms with van der Waals surface area (Å²) in [6, 6.07) is 0.760. The molecule has 2 nitrogen and oxygen atoms in total. The summed E-state index contributed by atoms with van der Waals surface area (Å²) < 4.78 is 0. The molecule has 1 aliphatic heterocycles. The highest BCUT2D eigenvalue weighted by atomic mass is 15.2. The Bertz CT molecular complexity index is 182. The van der Waals surface area contributed by atoms with Gasteiger partial charge in [0.15, 0.2) is 0 Å². The standard InChI is InChI=1S/C15H32N2/c1-4-7-8-14(5-2)13-17-11-9-15(6-3)16-10-12-17/h14-16H,4-13H2,1-3H3. The van der Waals surface area contributed by atoms with Crippen LogP contribution in [0.5, 0.6) is 0 Å². The molecule has 1 fully saturated rings. The molecule has 1 heterocycles. The Labute approximate surface area is 108 Å². The molecule has 2 atom stereocenters. The maximum absolute atomic E-state index is 3.65. The number of unbranched alkanes of at least 4 members (excludes halogenated alkanes) is 1. The van der Waals surface area contributed by atoms with Crippen LogP contribution in [0.25, 0.3) is 0 Å². The Morgan fingerprint density at radius 2 is 2.06 bits per heavy atom. The molecule has 0 aromatic rings. The summed E-state index contributed by atoms with van der Waals surface area (Å²) >= 11 is 0. The molecule has 0 spiro atoms. The van der Waals surface area contributed by atoms with E-state index in [0.717, 1.165) is 12.0 Å². The predicted molar refractivity (Wildman–Crippen MR) is 76.4 cm³/mol. The summed E-state index contributed by atoms with van der Waals surface area (Å²) in [7, 11) is 0. The zero-order valence-corrected chi connectivity index (χ0v) is 12.2. The van der Waals surface area contributed by atoms with Gasteiger partial charge in [-0.15, -0.1) is 0 Å². The quantitative estimate of drug-likeness (QED) is 0.735. The lowest BCUT2D eigenvalue weighted by atomic mass is 9.98. The zero-order chi connectivity index (χ0) is 12.5. The van der Waals surface area contributed by atoms with E-state index in [4.69, 9.17) is 0 Å². The number of hydrogen-bond acceptors (Lipinski definition) is 2. The molecule has 0 aromatic heterocycles. The van der Waals surface area contributed by atoms with E-state index in [0.29, 0.717) is 0 Å². The smallest absolute Gasteiger partial charge is 0.0107 e. The molecule has 1 aliphatic rings. The van der Waals surface area contributed by atoms with E-state index >= 15 is 0 Å². The molecule has 1 saturated heterocycles. The minimum atomic E-state index is 0.760. The van der Waals surface area contributed by atoms with Crippen LogP contribution in [-0.4, -0.2) is 37.1 Å². The number of rotatable bonds is 7. The van der Waals surface area contributed by atoms with Crippen molar-refractivity contribution in [2.24, 2.45) is 5.92 Å².